The van der Waals surface area contributed by atoms with Gasteiger partial charge < -0.3 is 10.0 Å². The topological polar surface area (TPSA) is 60.9 Å². The molecule has 2 rings (SSSR count). The fraction of sp³-hybridized carbons (Fsp3) is 0.500. The number of likely N-dealkylation sites (tertiary alicyclic amines) is 1. The lowest BCUT2D eigenvalue weighted by Crippen LogP contribution is -2.56. The molecule has 0 radical (unpaired) electrons. The number of carbonyl (C=O) groups excluding carboxylic acids is 1. The standard InChI is InChI=1S/C16H22N2O3/c1-10-5-11(2)7-14(6-10)17(4)16(21)18-8-13(9-18)12(3)15(19)20/h5-7,12-13H,8-9H2,1-4H3,(H,19,20). The molecule has 1 unspecified atom stereocenters. The van der Waals surface area contributed by atoms with Crippen LogP contribution in [0.4, 0.5) is 10.5 Å². The third kappa shape index (κ3) is 3.17. The number of benzene rings is 1. The first-order chi connectivity index (χ1) is 9.79. The zero-order valence-corrected chi connectivity index (χ0v) is 13.0. The summed E-state index contributed by atoms with van der Waals surface area (Å²) in [5, 5.41) is 8.98. The molecule has 1 aromatic carbocycles. The highest BCUT2D eigenvalue weighted by Crippen LogP contribution is 2.27. The van der Waals surface area contributed by atoms with Crippen LogP contribution >= 0.6 is 0 Å². The minimum absolute atomic E-state index is 0.0547. The Hall–Kier alpha value is -2.04. The van der Waals surface area contributed by atoms with Crippen molar-refractivity contribution < 1.29 is 14.7 Å². The molecule has 0 aliphatic carbocycles. The van der Waals surface area contributed by atoms with Crippen LogP contribution in [0.3, 0.4) is 0 Å². The zero-order valence-electron chi connectivity index (χ0n) is 13.0. The molecular formula is C16H22N2O3. The highest BCUT2D eigenvalue weighted by atomic mass is 16.4. The van der Waals surface area contributed by atoms with Gasteiger partial charge in [-0.15, -0.1) is 0 Å². The van der Waals surface area contributed by atoms with E-state index in [-0.39, 0.29) is 11.9 Å². The Morgan fingerprint density at radius 3 is 2.24 bits per heavy atom. The average Bonchev–Trinajstić information content (AvgIpc) is 2.34. The number of aryl methyl sites for hydroxylation is 2. The molecule has 0 spiro atoms. The van der Waals surface area contributed by atoms with Crippen molar-refractivity contribution in [3.8, 4) is 0 Å². The number of urea groups is 1. The summed E-state index contributed by atoms with van der Waals surface area (Å²) >= 11 is 0. The third-order valence-electron chi connectivity index (χ3n) is 4.16. The second-order valence-corrected chi connectivity index (χ2v) is 5.98. The predicted molar refractivity (Wildman–Crippen MR) is 81.6 cm³/mol. The number of amides is 2. The SMILES string of the molecule is Cc1cc(C)cc(N(C)C(=O)N2CC(C(C)C(=O)O)C2)c1. The van der Waals surface area contributed by atoms with Gasteiger partial charge in [0.2, 0.25) is 0 Å². The van der Waals surface area contributed by atoms with E-state index < -0.39 is 11.9 Å². The maximum atomic E-state index is 12.4. The van der Waals surface area contributed by atoms with Crippen LogP contribution in [0.1, 0.15) is 18.1 Å². The predicted octanol–water partition coefficient (Wildman–Crippen LogP) is 2.51. The van der Waals surface area contributed by atoms with E-state index in [2.05, 4.69) is 6.07 Å². The van der Waals surface area contributed by atoms with Gasteiger partial charge in [0.05, 0.1) is 5.92 Å². The molecule has 2 amide bonds. The molecular weight excluding hydrogens is 268 g/mol. The number of carboxylic acids is 1. The lowest BCUT2D eigenvalue weighted by molar-refractivity contribution is -0.144. The maximum Gasteiger partial charge on any atom is 0.324 e. The first-order valence-electron chi connectivity index (χ1n) is 7.13. The van der Waals surface area contributed by atoms with Gasteiger partial charge >= 0.3 is 12.0 Å². The number of aliphatic carboxylic acids is 1. The van der Waals surface area contributed by atoms with Gasteiger partial charge in [-0.25, -0.2) is 4.79 Å². The smallest absolute Gasteiger partial charge is 0.324 e. The van der Waals surface area contributed by atoms with Crippen molar-refractivity contribution in [1.82, 2.24) is 4.90 Å². The van der Waals surface area contributed by atoms with E-state index >= 15 is 0 Å². The molecule has 114 valence electrons. The number of carboxylic acid groups (broad SMARTS) is 1. The Labute approximate surface area is 125 Å². The quantitative estimate of drug-likeness (QED) is 0.930. The first-order valence-corrected chi connectivity index (χ1v) is 7.13. The van der Waals surface area contributed by atoms with Gasteiger partial charge in [0.1, 0.15) is 0 Å². The van der Waals surface area contributed by atoms with Crippen LogP contribution in [-0.2, 0) is 4.79 Å². The third-order valence-corrected chi connectivity index (χ3v) is 4.16. The summed E-state index contributed by atoms with van der Waals surface area (Å²) in [6.45, 7) is 6.73. The van der Waals surface area contributed by atoms with E-state index in [1.165, 1.54) is 0 Å². The van der Waals surface area contributed by atoms with E-state index in [1.807, 2.05) is 26.0 Å². The fourth-order valence-corrected chi connectivity index (χ4v) is 2.65. The molecule has 1 aliphatic heterocycles. The second kappa shape index (κ2) is 5.76. The van der Waals surface area contributed by atoms with Gasteiger partial charge in [0, 0.05) is 31.7 Å². The molecule has 1 aromatic rings. The highest BCUT2D eigenvalue weighted by molar-refractivity contribution is 5.92. The van der Waals surface area contributed by atoms with Crippen molar-refractivity contribution in [2.45, 2.75) is 20.8 Å². The molecule has 1 heterocycles. The number of anilines is 1. The van der Waals surface area contributed by atoms with Crippen LogP contribution in [0.15, 0.2) is 18.2 Å². The van der Waals surface area contributed by atoms with Gasteiger partial charge in [-0.1, -0.05) is 13.0 Å². The van der Waals surface area contributed by atoms with Crippen LogP contribution in [-0.4, -0.2) is 42.1 Å². The summed E-state index contributed by atoms with van der Waals surface area (Å²) < 4.78 is 0. The van der Waals surface area contributed by atoms with E-state index in [9.17, 15) is 9.59 Å². The highest BCUT2D eigenvalue weighted by Gasteiger charge is 2.38. The molecule has 1 N–H and O–H groups in total. The summed E-state index contributed by atoms with van der Waals surface area (Å²) in [7, 11) is 1.75. The molecule has 1 aliphatic rings. The van der Waals surface area contributed by atoms with Gasteiger partial charge in [-0.05, 0) is 37.1 Å². The van der Waals surface area contributed by atoms with Gasteiger partial charge in [-0.2, -0.15) is 0 Å². The van der Waals surface area contributed by atoms with Crippen LogP contribution in [0, 0.1) is 25.7 Å². The minimum atomic E-state index is -0.797. The number of nitrogens with zero attached hydrogens (tertiary/aromatic N) is 2. The minimum Gasteiger partial charge on any atom is -0.481 e. The Balaban J connectivity index is 2.00. The molecule has 1 fully saturated rings. The van der Waals surface area contributed by atoms with Crippen molar-refractivity contribution in [3.63, 3.8) is 0 Å². The van der Waals surface area contributed by atoms with Crippen LogP contribution in [0.5, 0.6) is 0 Å². The first kappa shape index (κ1) is 15.4. The van der Waals surface area contributed by atoms with Crippen LogP contribution in [0.25, 0.3) is 0 Å². The molecule has 21 heavy (non-hydrogen) atoms. The van der Waals surface area contributed by atoms with Gasteiger partial charge in [0.25, 0.3) is 0 Å². The largest absolute Gasteiger partial charge is 0.481 e. The van der Waals surface area contributed by atoms with E-state index in [0.717, 1.165) is 16.8 Å². The summed E-state index contributed by atoms with van der Waals surface area (Å²) in [4.78, 5) is 26.6. The number of hydrogen-bond acceptors (Lipinski definition) is 2. The van der Waals surface area contributed by atoms with Crippen molar-refractivity contribution in [2.24, 2.45) is 11.8 Å². The van der Waals surface area contributed by atoms with Crippen LogP contribution < -0.4 is 4.90 Å². The zero-order chi connectivity index (χ0) is 15.7. The number of carbonyl (C=O) groups is 2. The van der Waals surface area contributed by atoms with Gasteiger partial charge in [0.15, 0.2) is 0 Å². The molecule has 1 atom stereocenters. The van der Waals surface area contributed by atoms with Crippen molar-refractivity contribution in [1.29, 1.82) is 0 Å². The summed E-state index contributed by atoms with van der Waals surface area (Å²) in [5.41, 5.74) is 3.10. The maximum absolute atomic E-state index is 12.4. The number of hydrogen-bond donors (Lipinski definition) is 1. The molecule has 0 bridgehead atoms. The molecule has 5 nitrogen and oxygen atoms in total. The normalized spacial score (nSPS) is 16.3. The summed E-state index contributed by atoms with van der Waals surface area (Å²) in [6, 6.07) is 5.94. The Morgan fingerprint density at radius 2 is 1.76 bits per heavy atom. The van der Waals surface area contributed by atoms with E-state index in [0.29, 0.717) is 13.1 Å². The van der Waals surface area contributed by atoms with Crippen molar-refractivity contribution >= 4 is 17.7 Å². The average molecular weight is 290 g/mol. The lowest BCUT2D eigenvalue weighted by Gasteiger charge is -2.42. The van der Waals surface area contributed by atoms with Crippen molar-refractivity contribution in [2.75, 3.05) is 25.0 Å². The molecule has 0 saturated carbocycles. The Morgan fingerprint density at radius 1 is 1.24 bits per heavy atom. The Bertz CT molecular complexity index is 544. The summed E-state index contributed by atoms with van der Waals surface area (Å²) in [6.07, 6.45) is 0. The fourth-order valence-electron chi connectivity index (χ4n) is 2.65. The number of rotatable bonds is 3. The van der Waals surface area contributed by atoms with Gasteiger partial charge in [-0.3, -0.25) is 9.69 Å². The molecule has 0 aromatic heterocycles. The van der Waals surface area contributed by atoms with E-state index in [1.54, 1.807) is 23.8 Å². The van der Waals surface area contributed by atoms with E-state index in [4.69, 9.17) is 5.11 Å². The second-order valence-electron chi connectivity index (χ2n) is 5.98. The molecule has 1 saturated heterocycles. The lowest BCUT2D eigenvalue weighted by atomic mass is 9.87. The summed E-state index contributed by atoms with van der Waals surface area (Å²) in [5.74, 6) is -1.14. The van der Waals surface area contributed by atoms with Crippen LogP contribution in [0.2, 0.25) is 0 Å². The van der Waals surface area contributed by atoms with Crippen molar-refractivity contribution in [3.05, 3.63) is 29.3 Å². The monoisotopic (exact) mass is 290 g/mol. The Kier molecular flexibility index (Phi) is 4.21. The molecule has 5 heteroatoms.